The smallest absolute Gasteiger partial charge is 0.332 e. The quantitative estimate of drug-likeness (QED) is 0.330. The normalized spacial score (nSPS) is 39.6. The van der Waals surface area contributed by atoms with Crippen LogP contribution >= 0.6 is 0 Å². The van der Waals surface area contributed by atoms with Crippen molar-refractivity contribution in [2.24, 2.45) is 30.8 Å². The van der Waals surface area contributed by atoms with Gasteiger partial charge >= 0.3 is 11.7 Å². The molecule has 0 bridgehead atoms. The number of ether oxygens (including phenoxy) is 2. The van der Waals surface area contributed by atoms with E-state index >= 15 is 0 Å². The number of aliphatic hydroxyl groups is 3. The van der Waals surface area contributed by atoms with Gasteiger partial charge in [0.2, 0.25) is 0 Å². The molecule has 2 aromatic heterocycles. The first-order valence-corrected chi connectivity index (χ1v) is 14.5. The molecule has 13 nitrogen and oxygen atoms in total. The van der Waals surface area contributed by atoms with Gasteiger partial charge in [0, 0.05) is 31.8 Å². The Kier molecular flexibility index (Phi) is 6.87. The number of Topliss-reactive ketones (excluding diaryl/α,β-unsaturated/α-hetero) is 1. The number of aryl methyl sites for hydroxylation is 1. The van der Waals surface area contributed by atoms with Crippen molar-refractivity contribution in [2.45, 2.75) is 102 Å². The zero-order valence-corrected chi connectivity index (χ0v) is 25.9. The second kappa shape index (κ2) is 9.43. The summed E-state index contributed by atoms with van der Waals surface area (Å²) in [5.41, 5.74) is -9.08. The number of hydrogen-bond donors (Lipinski definition) is 3. The van der Waals surface area contributed by atoms with E-state index in [4.69, 9.17) is 9.47 Å². The highest BCUT2D eigenvalue weighted by Gasteiger charge is 2.81. The third kappa shape index (κ3) is 3.80. The van der Waals surface area contributed by atoms with Gasteiger partial charge in [0.15, 0.2) is 28.7 Å². The number of carbonyl (C=O) groups excluding carboxylic acids is 2. The van der Waals surface area contributed by atoms with Gasteiger partial charge in [-0.05, 0) is 39.0 Å². The Labute approximate surface area is 248 Å². The van der Waals surface area contributed by atoms with Crippen LogP contribution in [0, 0.1) is 16.7 Å². The standard InChI is InChI=1S/C30H42N4O9/c1-10-27(5)13-17(36)30(41)28(6)16(35)11-12-26(3,4)20(28)19(37)21(29(30,7)43-27)42-24(39)15(2)34-14-31-22-18(34)23(38)33(9)25(40)32(22)8/h10,14-16,19-21,35,37,41H,1,11-13H2,2-9H3/t15?,16-,19?,20?,21?,27-,28?,29+,30-/m0/s1. The molecule has 5 rings (SSSR count). The van der Waals surface area contributed by atoms with Gasteiger partial charge in [-0.3, -0.25) is 18.7 Å². The number of carbonyl (C=O) groups is 2. The highest BCUT2D eigenvalue weighted by atomic mass is 16.6. The SMILES string of the molecule is C=C[C@@]1(C)CC(=O)[C@]2(O)C3(C)C(C(O)C(OC(=O)C(C)n4cnc5c4c(=O)n(C)c(=O)n5C)[C@@]2(C)O1)C(C)(C)CC[C@@H]3O. The topological polar surface area (TPSA) is 175 Å². The van der Waals surface area contributed by atoms with Crippen molar-refractivity contribution in [3.8, 4) is 0 Å². The Morgan fingerprint density at radius 2 is 1.79 bits per heavy atom. The first-order chi connectivity index (χ1) is 19.7. The van der Waals surface area contributed by atoms with Crippen molar-refractivity contribution >= 4 is 22.9 Å². The zero-order chi connectivity index (χ0) is 32.2. The van der Waals surface area contributed by atoms with Crippen molar-refractivity contribution < 1.29 is 34.4 Å². The van der Waals surface area contributed by atoms with Gasteiger partial charge in [0.25, 0.3) is 5.56 Å². The van der Waals surface area contributed by atoms with E-state index in [1.54, 1.807) is 13.8 Å². The Balaban J connectivity index is 1.65. The third-order valence-electron chi connectivity index (χ3n) is 10.9. The summed E-state index contributed by atoms with van der Waals surface area (Å²) in [4.78, 5) is 57.6. The predicted octanol–water partition coefficient (Wildman–Crippen LogP) is 0.508. The molecule has 3 aliphatic rings. The van der Waals surface area contributed by atoms with Crippen LogP contribution in [0.1, 0.15) is 66.8 Å². The van der Waals surface area contributed by atoms with Crippen LogP contribution < -0.4 is 11.2 Å². The van der Waals surface area contributed by atoms with Crippen LogP contribution in [-0.4, -0.2) is 80.9 Å². The molecule has 3 fully saturated rings. The maximum absolute atomic E-state index is 14.1. The Bertz CT molecular complexity index is 1660. The van der Waals surface area contributed by atoms with E-state index in [2.05, 4.69) is 11.6 Å². The van der Waals surface area contributed by atoms with Crippen LogP contribution in [0.15, 0.2) is 28.6 Å². The summed E-state index contributed by atoms with van der Waals surface area (Å²) in [6, 6.07) is -1.18. The lowest BCUT2D eigenvalue weighted by Gasteiger charge is -2.71. The van der Waals surface area contributed by atoms with Gasteiger partial charge in [0.1, 0.15) is 11.6 Å². The van der Waals surface area contributed by atoms with Crippen molar-refractivity contribution in [3.05, 3.63) is 39.8 Å². The number of fused-ring (bicyclic) bond motifs is 4. The monoisotopic (exact) mass is 602 g/mol. The predicted molar refractivity (Wildman–Crippen MR) is 154 cm³/mol. The molecule has 43 heavy (non-hydrogen) atoms. The number of aliphatic hydroxyl groups excluding tert-OH is 2. The average Bonchev–Trinajstić information content (AvgIpc) is 3.38. The lowest BCUT2D eigenvalue weighted by atomic mass is 9.40. The largest absolute Gasteiger partial charge is 0.455 e. The maximum Gasteiger partial charge on any atom is 0.332 e. The summed E-state index contributed by atoms with van der Waals surface area (Å²) in [5, 5.41) is 36.1. The van der Waals surface area contributed by atoms with Crippen LogP contribution in [0.5, 0.6) is 0 Å². The summed E-state index contributed by atoms with van der Waals surface area (Å²) < 4.78 is 15.9. The highest BCUT2D eigenvalue weighted by Crippen LogP contribution is 2.67. The molecule has 0 spiro atoms. The molecule has 0 aromatic carbocycles. The van der Waals surface area contributed by atoms with Crippen molar-refractivity contribution in [1.82, 2.24) is 18.7 Å². The van der Waals surface area contributed by atoms with Crippen molar-refractivity contribution in [2.75, 3.05) is 0 Å². The number of rotatable bonds is 4. The highest BCUT2D eigenvalue weighted by molar-refractivity contribution is 5.92. The molecular formula is C30H42N4O9. The van der Waals surface area contributed by atoms with E-state index in [0.717, 1.165) is 4.57 Å². The van der Waals surface area contributed by atoms with E-state index in [-0.39, 0.29) is 24.0 Å². The van der Waals surface area contributed by atoms with Gasteiger partial charge < -0.3 is 29.4 Å². The van der Waals surface area contributed by atoms with E-state index in [9.17, 15) is 34.5 Å². The third-order valence-corrected chi connectivity index (χ3v) is 10.9. The molecular weight excluding hydrogens is 560 g/mol. The van der Waals surface area contributed by atoms with Gasteiger partial charge in [-0.1, -0.05) is 26.8 Å². The fourth-order valence-corrected chi connectivity index (χ4v) is 8.47. The molecule has 2 saturated carbocycles. The minimum Gasteiger partial charge on any atom is -0.455 e. The van der Waals surface area contributed by atoms with Crippen molar-refractivity contribution in [3.63, 3.8) is 0 Å². The molecule has 236 valence electrons. The number of hydrogen-bond acceptors (Lipinski definition) is 10. The Hall–Kier alpha value is -3.13. The van der Waals surface area contributed by atoms with Gasteiger partial charge in [-0.2, -0.15) is 0 Å². The number of nitrogens with zero attached hydrogens (tertiary/aromatic N) is 4. The zero-order valence-electron chi connectivity index (χ0n) is 25.9. The van der Waals surface area contributed by atoms with Crippen LogP contribution in [0.25, 0.3) is 11.2 Å². The molecule has 3 N–H and O–H groups in total. The molecule has 2 aromatic rings. The number of esters is 1. The fourth-order valence-electron chi connectivity index (χ4n) is 8.47. The van der Waals surface area contributed by atoms with Crippen LogP contribution in [-0.2, 0) is 33.2 Å². The van der Waals surface area contributed by atoms with Gasteiger partial charge in [-0.25, -0.2) is 14.6 Å². The number of ketones is 1. The van der Waals surface area contributed by atoms with Crippen LogP contribution in [0.4, 0.5) is 0 Å². The summed E-state index contributed by atoms with van der Waals surface area (Å²) in [6.45, 7) is 13.7. The van der Waals surface area contributed by atoms with E-state index in [1.165, 1.54) is 49.5 Å². The van der Waals surface area contributed by atoms with Crippen molar-refractivity contribution in [1.29, 1.82) is 0 Å². The average molecular weight is 603 g/mol. The van der Waals surface area contributed by atoms with E-state index in [0.29, 0.717) is 6.42 Å². The lowest BCUT2D eigenvalue weighted by molar-refractivity contribution is -0.370. The second-order valence-electron chi connectivity index (χ2n) is 13.9. The molecule has 3 heterocycles. The molecule has 1 aliphatic heterocycles. The molecule has 5 unspecified atom stereocenters. The first-order valence-electron chi connectivity index (χ1n) is 14.5. The molecule has 2 aliphatic carbocycles. The molecule has 0 amide bonds. The fraction of sp³-hybridized carbons (Fsp3) is 0.700. The minimum atomic E-state index is -2.37. The second-order valence-corrected chi connectivity index (χ2v) is 13.9. The number of aromatic nitrogens is 4. The van der Waals surface area contributed by atoms with Crippen LogP contribution in [0.3, 0.4) is 0 Å². The van der Waals surface area contributed by atoms with Gasteiger partial charge in [-0.15, -0.1) is 6.58 Å². The summed E-state index contributed by atoms with van der Waals surface area (Å²) in [5.74, 6) is -2.40. The van der Waals surface area contributed by atoms with Crippen LogP contribution in [0.2, 0.25) is 0 Å². The maximum atomic E-state index is 14.1. The number of imidazole rings is 1. The summed E-state index contributed by atoms with van der Waals surface area (Å²) in [7, 11) is 2.77. The first kappa shape index (κ1) is 31.3. The Morgan fingerprint density at radius 3 is 2.40 bits per heavy atom. The molecule has 0 radical (unpaired) electrons. The van der Waals surface area contributed by atoms with Gasteiger partial charge in [0.05, 0.1) is 24.1 Å². The van der Waals surface area contributed by atoms with E-state index in [1.807, 2.05) is 13.8 Å². The summed E-state index contributed by atoms with van der Waals surface area (Å²) in [6.07, 6.45) is -1.00. The molecule has 1 saturated heterocycles. The molecule has 13 heteroatoms. The summed E-state index contributed by atoms with van der Waals surface area (Å²) >= 11 is 0. The van der Waals surface area contributed by atoms with E-state index < -0.39 is 80.9 Å². The molecule has 9 atom stereocenters. The lowest BCUT2D eigenvalue weighted by Crippen LogP contribution is -2.86. The minimum absolute atomic E-state index is 0.00611. The Morgan fingerprint density at radius 1 is 1.16 bits per heavy atom.